The number of nitrogens with zero attached hydrogens (tertiary/aromatic N) is 1. The quantitative estimate of drug-likeness (QED) is 0.483. The topological polar surface area (TPSA) is 106 Å². The zero-order valence-corrected chi connectivity index (χ0v) is 9.70. The first-order chi connectivity index (χ1) is 8.50. The Morgan fingerprint density at radius 2 is 2.17 bits per heavy atom. The van der Waals surface area contributed by atoms with E-state index in [0.717, 1.165) is 19.3 Å². The average molecular weight is 250 g/mol. The van der Waals surface area contributed by atoms with Crippen molar-refractivity contribution >= 4 is 17.3 Å². The summed E-state index contributed by atoms with van der Waals surface area (Å²) in [5, 5.41) is 20.0. The lowest BCUT2D eigenvalue weighted by molar-refractivity contribution is -0.384. The van der Waals surface area contributed by atoms with Crippen molar-refractivity contribution in [3.05, 3.63) is 33.9 Å². The molecule has 0 saturated heterocycles. The van der Waals surface area contributed by atoms with Crippen LogP contribution in [0.5, 0.6) is 0 Å². The van der Waals surface area contributed by atoms with Crippen LogP contribution >= 0.6 is 0 Å². The molecule has 0 radical (unpaired) electrons. The van der Waals surface area contributed by atoms with Gasteiger partial charge in [0.2, 0.25) is 0 Å². The maximum Gasteiger partial charge on any atom is 0.311 e. The van der Waals surface area contributed by atoms with Crippen LogP contribution in [0.1, 0.15) is 30.7 Å². The summed E-state index contributed by atoms with van der Waals surface area (Å²) < 4.78 is 0. The highest BCUT2D eigenvalue weighted by atomic mass is 16.6. The summed E-state index contributed by atoms with van der Waals surface area (Å²) in [7, 11) is 0. The van der Waals surface area contributed by atoms with E-state index in [1.165, 1.54) is 18.2 Å². The third kappa shape index (κ3) is 2.13. The minimum Gasteiger partial charge on any atom is -0.481 e. The van der Waals surface area contributed by atoms with Crippen molar-refractivity contribution < 1.29 is 14.8 Å². The molecule has 0 heterocycles. The second-order valence-corrected chi connectivity index (χ2v) is 4.58. The van der Waals surface area contributed by atoms with Crippen LogP contribution in [0.4, 0.5) is 11.4 Å². The number of hydrogen-bond donors (Lipinski definition) is 2. The first-order valence-electron chi connectivity index (χ1n) is 5.77. The number of nitrogens with two attached hydrogens (primary N) is 1. The number of rotatable bonds is 4. The Kier molecular flexibility index (Phi) is 3.18. The van der Waals surface area contributed by atoms with E-state index in [9.17, 15) is 20.0 Å². The van der Waals surface area contributed by atoms with Gasteiger partial charge in [-0.2, -0.15) is 0 Å². The van der Waals surface area contributed by atoms with E-state index in [-0.39, 0.29) is 11.6 Å². The van der Waals surface area contributed by atoms with Gasteiger partial charge >= 0.3 is 5.97 Å². The van der Waals surface area contributed by atoms with Gasteiger partial charge in [0.15, 0.2) is 0 Å². The monoisotopic (exact) mass is 250 g/mol. The Labute approximate surface area is 104 Å². The molecule has 0 bridgehead atoms. The fourth-order valence-electron chi connectivity index (χ4n) is 2.31. The predicted molar refractivity (Wildman–Crippen MR) is 65.2 cm³/mol. The molecule has 18 heavy (non-hydrogen) atoms. The van der Waals surface area contributed by atoms with Crippen molar-refractivity contribution in [2.24, 2.45) is 5.92 Å². The molecule has 6 nitrogen and oxygen atoms in total. The minimum absolute atomic E-state index is 0.0341. The number of aliphatic carboxylic acids is 1. The van der Waals surface area contributed by atoms with Gasteiger partial charge in [-0.15, -0.1) is 0 Å². The van der Waals surface area contributed by atoms with Gasteiger partial charge in [-0.05, 0) is 30.4 Å². The Balaban J connectivity index is 2.42. The third-order valence-electron chi connectivity index (χ3n) is 3.50. The van der Waals surface area contributed by atoms with Crippen LogP contribution in [0, 0.1) is 16.0 Å². The Morgan fingerprint density at radius 1 is 1.50 bits per heavy atom. The van der Waals surface area contributed by atoms with Crippen molar-refractivity contribution in [3.63, 3.8) is 0 Å². The van der Waals surface area contributed by atoms with Gasteiger partial charge in [0.1, 0.15) is 0 Å². The second-order valence-electron chi connectivity index (χ2n) is 4.58. The highest BCUT2D eigenvalue weighted by Gasteiger charge is 2.35. The number of benzene rings is 1. The summed E-state index contributed by atoms with van der Waals surface area (Å²) in [6, 6.07) is 3.98. The normalized spacial score (nSPS) is 16.9. The number of carboxylic acids is 1. The number of nitrogen functional groups attached to an aromatic ring is 1. The molecule has 3 N–H and O–H groups in total. The van der Waals surface area contributed by atoms with Crippen molar-refractivity contribution in [2.75, 3.05) is 5.73 Å². The van der Waals surface area contributed by atoms with Crippen LogP contribution in [0.2, 0.25) is 0 Å². The van der Waals surface area contributed by atoms with Gasteiger partial charge in [-0.1, -0.05) is 6.42 Å². The van der Waals surface area contributed by atoms with Gasteiger partial charge in [0, 0.05) is 17.8 Å². The molecular weight excluding hydrogens is 236 g/mol. The van der Waals surface area contributed by atoms with E-state index in [4.69, 9.17) is 5.73 Å². The fourth-order valence-corrected chi connectivity index (χ4v) is 2.31. The first kappa shape index (κ1) is 12.3. The molecule has 2 rings (SSSR count). The summed E-state index contributed by atoms with van der Waals surface area (Å²) in [4.78, 5) is 21.5. The van der Waals surface area contributed by atoms with Crippen LogP contribution in [-0.2, 0) is 4.79 Å². The average Bonchev–Trinajstić information content (AvgIpc) is 2.23. The lowest BCUT2D eigenvalue weighted by Crippen LogP contribution is -2.27. The lowest BCUT2D eigenvalue weighted by Gasteiger charge is -2.31. The highest BCUT2D eigenvalue weighted by molar-refractivity contribution is 5.79. The van der Waals surface area contributed by atoms with E-state index < -0.39 is 16.8 Å². The number of non-ortho nitro benzene ring substituents is 1. The molecule has 1 saturated carbocycles. The molecule has 1 aliphatic carbocycles. The molecule has 1 aliphatic rings. The smallest absolute Gasteiger partial charge is 0.311 e. The SMILES string of the molecule is Nc1ccc([N+](=O)[O-])cc1C(C(=O)O)C1CCC1. The number of nitro benzene ring substituents is 1. The molecule has 0 amide bonds. The van der Waals surface area contributed by atoms with E-state index in [1.54, 1.807) is 0 Å². The fraction of sp³-hybridized carbons (Fsp3) is 0.417. The van der Waals surface area contributed by atoms with Gasteiger partial charge in [-0.25, -0.2) is 0 Å². The molecule has 1 atom stereocenters. The summed E-state index contributed by atoms with van der Waals surface area (Å²) in [6.45, 7) is 0. The van der Waals surface area contributed by atoms with Crippen molar-refractivity contribution in [3.8, 4) is 0 Å². The third-order valence-corrected chi connectivity index (χ3v) is 3.50. The van der Waals surface area contributed by atoms with Crippen LogP contribution in [0.3, 0.4) is 0 Å². The molecule has 1 fully saturated rings. The van der Waals surface area contributed by atoms with Crippen LogP contribution in [0.15, 0.2) is 18.2 Å². The maximum absolute atomic E-state index is 11.3. The Morgan fingerprint density at radius 3 is 2.61 bits per heavy atom. The summed E-state index contributed by atoms with van der Waals surface area (Å²) in [6.07, 6.45) is 2.67. The predicted octanol–water partition coefficient (Wildman–Crippen LogP) is 2.15. The highest BCUT2D eigenvalue weighted by Crippen LogP contribution is 2.42. The standard InChI is InChI=1S/C12H14N2O4/c13-10-5-4-8(14(17)18)6-9(10)11(12(15)16)7-2-1-3-7/h4-7,11H,1-3,13H2,(H,15,16). The Hall–Kier alpha value is -2.11. The van der Waals surface area contributed by atoms with E-state index >= 15 is 0 Å². The van der Waals surface area contributed by atoms with Crippen molar-refractivity contribution in [1.82, 2.24) is 0 Å². The van der Waals surface area contributed by atoms with E-state index in [1.807, 2.05) is 0 Å². The van der Waals surface area contributed by atoms with Crippen molar-refractivity contribution in [2.45, 2.75) is 25.2 Å². The molecule has 6 heteroatoms. The van der Waals surface area contributed by atoms with Crippen molar-refractivity contribution in [1.29, 1.82) is 0 Å². The molecule has 96 valence electrons. The summed E-state index contributed by atoms with van der Waals surface area (Å²) in [5.74, 6) is -1.67. The lowest BCUT2D eigenvalue weighted by atomic mass is 9.72. The van der Waals surface area contributed by atoms with E-state index in [2.05, 4.69) is 0 Å². The van der Waals surface area contributed by atoms with Crippen LogP contribution in [-0.4, -0.2) is 16.0 Å². The largest absolute Gasteiger partial charge is 0.481 e. The first-order valence-corrected chi connectivity index (χ1v) is 5.77. The molecular formula is C12H14N2O4. The summed E-state index contributed by atoms with van der Waals surface area (Å²) in [5.41, 5.74) is 6.31. The zero-order valence-electron chi connectivity index (χ0n) is 9.70. The molecule has 1 aromatic rings. The number of nitro groups is 1. The second kappa shape index (κ2) is 4.64. The molecule has 0 aliphatic heterocycles. The van der Waals surface area contributed by atoms with Crippen LogP contribution in [0.25, 0.3) is 0 Å². The van der Waals surface area contributed by atoms with E-state index in [0.29, 0.717) is 11.3 Å². The molecule has 1 aromatic carbocycles. The van der Waals surface area contributed by atoms with Gasteiger partial charge in [-0.3, -0.25) is 14.9 Å². The minimum atomic E-state index is -0.966. The molecule has 0 spiro atoms. The molecule has 1 unspecified atom stereocenters. The zero-order chi connectivity index (χ0) is 13.3. The molecule has 0 aromatic heterocycles. The number of carbonyl (C=O) groups is 1. The van der Waals surface area contributed by atoms with Crippen LogP contribution < -0.4 is 5.73 Å². The maximum atomic E-state index is 11.3. The van der Waals surface area contributed by atoms with Gasteiger partial charge in [0.05, 0.1) is 10.8 Å². The number of hydrogen-bond acceptors (Lipinski definition) is 4. The Bertz CT molecular complexity index is 497. The number of carboxylic acid groups (broad SMARTS) is 1. The number of anilines is 1. The summed E-state index contributed by atoms with van der Waals surface area (Å²) >= 11 is 0. The van der Waals surface area contributed by atoms with Gasteiger partial charge < -0.3 is 10.8 Å². The van der Waals surface area contributed by atoms with Gasteiger partial charge in [0.25, 0.3) is 5.69 Å².